The number of amides is 1. The van der Waals surface area contributed by atoms with E-state index in [-0.39, 0.29) is 17.1 Å². The third-order valence-electron chi connectivity index (χ3n) is 3.04. The van der Waals surface area contributed by atoms with Gasteiger partial charge in [-0.25, -0.2) is 4.39 Å². The van der Waals surface area contributed by atoms with E-state index in [1.54, 1.807) is 12.1 Å². The van der Waals surface area contributed by atoms with Crippen LogP contribution in [-0.4, -0.2) is 11.1 Å². The third-order valence-corrected chi connectivity index (χ3v) is 3.04. The van der Waals surface area contributed by atoms with E-state index in [4.69, 9.17) is 8.94 Å². The Kier molecular flexibility index (Phi) is 3.84. The second kappa shape index (κ2) is 5.84. The van der Waals surface area contributed by atoms with E-state index in [9.17, 15) is 22.4 Å². The van der Waals surface area contributed by atoms with Crippen LogP contribution in [0.3, 0.4) is 0 Å². The van der Waals surface area contributed by atoms with Crippen molar-refractivity contribution in [2.24, 2.45) is 0 Å². The number of alkyl halides is 3. The number of anilines is 1. The molecule has 0 atom stereocenters. The Morgan fingerprint density at radius 1 is 1.12 bits per heavy atom. The molecule has 0 fully saturated rings. The first-order valence-corrected chi connectivity index (χ1v) is 6.53. The summed E-state index contributed by atoms with van der Waals surface area (Å²) in [6, 6.07) is 6.58. The highest BCUT2D eigenvalue weighted by Gasteiger charge is 2.34. The minimum atomic E-state index is -4.87. The summed E-state index contributed by atoms with van der Waals surface area (Å²) in [5.74, 6) is -1.72. The molecule has 24 heavy (non-hydrogen) atoms. The average Bonchev–Trinajstić information content (AvgIpc) is 3.18. The van der Waals surface area contributed by atoms with Crippen molar-refractivity contribution in [2.45, 2.75) is 6.18 Å². The number of furan rings is 1. The monoisotopic (exact) mass is 340 g/mol. The summed E-state index contributed by atoms with van der Waals surface area (Å²) < 4.78 is 61.2. The molecule has 9 heteroatoms. The molecule has 0 spiro atoms. The molecule has 3 aromatic rings. The Morgan fingerprint density at radius 3 is 2.58 bits per heavy atom. The van der Waals surface area contributed by atoms with E-state index >= 15 is 0 Å². The van der Waals surface area contributed by atoms with Crippen LogP contribution >= 0.6 is 0 Å². The van der Waals surface area contributed by atoms with Crippen molar-refractivity contribution in [3.8, 4) is 11.5 Å². The van der Waals surface area contributed by atoms with Gasteiger partial charge in [-0.3, -0.25) is 4.79 Å². The molecule has 124 valence electrons. The number of nitrogens with one attached hydrogen (secondary N) is 1. The highest BCUT2D eigenvalue weighted by Crippen LogP contribution is 2.33. The van der Waals surface area contributed by atoms with Crippen LogP contribution in [0.4, 0.5) is 23.2 Å². The predicted molar refractivity (Wildman–Crippen MR) is 73.6 cm³/mol. The fourth-order valence-corrected chi connectivity index (χ4v) is 1.93. The van der Waals surface area contributed by atoms with Crippen molar-refractivity contribution in [2.75, 3.05) is 5.32 Å². The van der Waals surface area contributed by atoms with E-state index < -0.39 is 23.5 Å². The Morgan fingerprint density at radius 2 is 1.92 bits per heavy atom. The van der Waals surface area contributed by atoms with Crippen LogP contribution in [0.2, 0.25) is 0 Å². The topological polar surface area (TPSA) is 68.3 Å². The van der Waals surface area contributed by atoms with Gasteiger partial charge in [0, 0.05) is 11.8 Å². The summed E-state index contributed by atoms with van der Waals surface area (Å²) in [5.41, 5.74) is -1.87. The maximum absolute atomic E-state index is 13.2. The normalized spacial score (nSPS) is 11.5. The maximum Gasteiger partial charge on any atom is 0.419 e. The van der Waals surface area contributed by atoms with Crippen molar-refractivity contribution in [1.29, 1.82) is 0 Å². The first-order valence-electron chi connectivity index (χ1n) is 6.53. The van der Waals surface area contributed by atoms with Crippen molar-refractivity contribution >= 4 is 11.6 Å². The molecule has 2 aromatic heterocycles. The van der Waals surface area contributed by atoms with Gasteiger partial charge < -0.3 is 14.3 Å². The number of hydrogen-bond acceptors (Lipinski definition) is 4. The molecule has 1 aromatic carbocycles. The standard InChI is InChI=1S/C15H8F4N2O3/c16-10-4-3-8(6-9(10)15(17,18)19)20-14(22)11-7-13(24-21-11)12-2-1-5-23-12/h1-7H,(H,20,22). The van der Waals surface area contributed by atoms with Crippen molar-refractivity contribution in [3.05, 3.63) is 59.7 Å². The second-order valence-corrected chi connectivity index (χ2v) is 4.70. The Labute approximate surface area is 131 Å². The van der Waals surface area contributed by atoms with E-state index in [0.717, 1.165) is 6.07 Å². The van der Waals surface area contributed by atoms with Crippen molar-refractivity contribution < 1.29 is 31.3 Å². The molecule has 2 heterocycles. The number of aromatic nitrogens is 1. The van der Waals surface area contributed by atoms with Crippen LogP contribution < -0.4 is 5.32 Å². The Balaban J connectivity index is 1.80. The second-order valence-electron chi connectivity index (χ2n) is 4.70. The van der Waals surface area contributed by atoms with Gasteiger partial charge in [0.05, 0.1) is 11.8 Å². The van der Waals surface area contributed by atoms with Gasteiger partial charge in [0.2, 0.25) is 5.76 Å². The number of rotatable bonds is 3. The summed E-state index contributed by atoms with van der Waals surface area (Å²) >= 11 is 0. The minimum Gasteiger partial charge on any atom is -0.461 e. The molecule has 5 nitrogen and oxygen atoms in total. The van der Waals surface area contributed by atoms with Gasteiger partial charge in [0.1, 0.15) is 5.82 Å². The molecule has 1 amide bonds. The summed E-state index contributed by atoms with van der Waals surface area (Å²) in [7, 11) is 0. The summed E-state index contributed by atoms with van der Waals surface area (Å²) in [5, 5.41) is 5.71. The molecule has 0 saturated carbocycles. The molecule has 0 unspecified atom stereocenters. The lowest BCUT2D eigenvalue weighted by Gasteiger charge is -2.10. The predicted octanol–water partition coefficient (Wildman–Crippen LogP) is 4.34. The minimum absolute atomic E-state index is 0.167. The van der Waals surface area contributed by atoms with E-state index in [2.05, 4.69) is 10.5 Å². The molecule has 0 radical (unpaired) electrons. The largest absolute Gasteiger partial charge is 0.461 e. The molecular weight excluding hydrogens is 332 g/mol. The third kappa shape index (κ3) is 3.14. The highest BCUT2D eigenvalue weighted by molar-refractivity contribution is 6.03. The van der Waals surface area contributed by atoms with Crippen LogP contribution in [0, 0.1) is 5.82 Å². The number of nitrogens with zero attached hydrogens (tertiary/aromatic N) is 1. The maximum atomic E-state index is 13.2. The first kappa shape index (κ1) is 15.8. The zero-order valence-electron chi connectivity index (χ0n) is 11.7. The van der Waals surface area contributed by atoms with Gasteiger partial charge in [-0.05, 0) is 30.3 Å². The van der Waals surface area contributed by atoms with Crippen LogP contribution in [-0.2, 0) is 6.18 Å². The van der Waals surface area contributed by atoms with Crippen LogP contribution in [0.5, 0.6) is 0 Å². The van der Waals surface area contributed by atoms with Crippen LogP contribution in [0.25, 0.3) is 11.5 Å². The quantitative estimate of drug-likeness (QED) is 0.720. The van der Waals surface area contributed by atoms with Gasteiger partial charge >= 0.3 is 6.18 Å². The van der Waals surface area contributed by atoms with Gasteiger partial charge in [0.15, 0.2) is 11.5 Å². The molecule has 0 aliphatic rings. The van der Waals surface area contributed by atoms with E-state index in [1.165, 1.54) is 12.3 Å². The van der Waals surface area contributed by atoms with Crippen LogP contribution in [0.1, 0.15) is 16.1 Å². The lowest BCUT2D eigenvalue weighted by molar-refractivity contribution is -0.139. The van der Waals surface area contributed by atoms with Crippen molar-refractivity contribution in [1.82, 2.24) is 5.16 Å². The lowest BCUT2D eigenvalue weighted by atomic mass is 10.1. The summed E-state index contributed by atoms with van der Waals surface area (Å²) in [4.78, 5) is 12.0. The first-order chi connectivity index (χ1) is 11.3. The number of halogens is 4. The highest BCUT2D eigenvalue weighted by atomic mass is 19.4. The fraction of sp³-hybridized carbons (Fsp3) is 0.0667. The van der Waals surface area contributed by atoms with Gasteiger partial charge in [0.25, 0.3) is 5.91 Å². The number of benzene rings is 1. The molecule has 1 N–H and O–H groups in total. The van der Waals surface area contributed by atoms with Gasteiger partial charge in [-0.2, -0.15) is 13.2 Å². The molecule has 0 saturated heterocycles. The Bertz CT molecular complexity index is 869. The molecular formula is C15H8F4N2O3. The lowest BCUT2D eigenvalue weighted by Crippen LogP contribution is -2.14. The number of hydrogen-bond donors (Lipinski definition) is 1. The van der Waals surface area contributed by atoms with Gasteiger partial charge in [-0.1, -0.05) is 5.16 Å². The fourth-order valence-electron chi connectivity index (χ4n) is 1.93. The van der Waals surface area contributed by atoms with Gasteiger partial charge in [-0.15, -0.1) is 0 Å². The summed E-state index contributed by atoms with van der Waals surface area (Å²) in [6.45, 7) is 0. The molecule has 3 rings (SSSR count). The van der Waals surface area contributed by atoms with E-state index in [1.807, 2.05) is 0 Å². The molecule has 0 aliphatic carbocycles. The van der Waals surface area contributed by atoms with Crippen LogP contribution in [0.15, 0.2) is 51.6 Å². The Hall–Kier alpha value is -3.10. The summed E-state index contributed by atoms with van der Waals surface area (Å²) in [6.07, 6.45) is -3.47. The smallest absolute Gasteiger partial charge is 0.419 e. The molecule has 0 bridgehead atoms. The van der Waals surface area contributed by atoms with Crippen molar-refractivity contribution in [3.63, 3.8) is 0 Å². The SMILES string of the molecule is O=C(Nc1ccc(F)c(C(F)(F)F)c1)c1cc(-c2ccco2)on1. The molecule has 0 aliphatic heterocycles. The number of carbonyl (C=O) groups excluding carboxylic acids is 1. The average molecular weight is 340 g/mol. The number of carbonyl (C=O) groups is 1. The zero-order valence-corrected chi connectivity index (χ0v) is 11.7. The zero-order chi connectivity index (χ0) is 17.3. The van der Waals surface area contributed by atoms with E-state index in [0.29, 0.717) is 17.9 Å².